The summed E-state index contributed by atoms with van der Waals surface area (Å²) in [5.41, 5.74) is 3.07. The second kappa shape index (κ2) is 5.21. The highest BCUT2D eigenvalue weighted by atomic mass is 16.5. The summed E-state index contributed by atoms with van der Waals surface area (Å²) in [5.74, 6) is 2.42. The summed E-state index contributed by atoms with van der Waals surface area (Å²) in [4.78, 5) is 4.22. The Kier molecular flexibility index (Phi) is 3.25. The van der Waals surface area contributed by atoms with Crippen molar-refractivity contribution in [2.45, 2.75) is 13.8 Å². The van der Waals surface area contributed by atoms with E-state index in [1.807, 2.05) is 50.2 Å². The van der Waals surface area contributed by atoms with Crippen molar-refractivity contribution in [3.05, 3.63) is 66.2 Å². The summed E-state index contributed by atoms with van der Waals surface area (Å²) in [7, 11) is 0. The van der Waals surface area contributed by atoms with Crippen LogP contribution in [0, 0.1) is 13.8 Å². The normalized spacial score (nSPS) is 10.5. The van der Waals surface area contributed by atoms with Crippen molar-refractivity contribution in [1.29, 1.82) is 0 Å². The minimum atomic E-state index is 0.740. The summed E-state index contributed by atoms with van der Waals surface area (Å²) in [6.45, 7) is 3.97. The molecule has 0 saturated heterocycles. The molecule has 0 N–H and O–H groups in total. The number of nitrogens with zero attached hydrogens (tertiary/aromatic N) is 1. The smallest absolute Gasteiger partial charge is 0.145 e. The molecule has 0 spiro atoms. The zero-order chi connectivity index (χ0) is 13.9. The largest absolute Gasteiger partial charge is 0.464 e. The summed E-state index contributed by atoms with van der Waals surface area (Å²) < 4.78 is 11.2. The van der Waals surface area contributed by atoms with Crippen LogP contribution in [-0.4, -0.2) is 4.98 Å². The molecule has 0 saturated carbocycles. The van der Waals surface area contributed by atoms with Crippen LogP contribution in [0.1, 0.15) is 11.3 Å². The van der Waals surface area contributed by atoms with E-state index in [9.17, 15) is 0 Å². The van der Waals surface area contributed by atoms with Gasteiger partial charge in [0, 0.05) is 11.3 Å². The maximum Gasteiger partial charge on any atom is 0.145 e. The fourth-order valence-corrected chi connectivity index (χ4v) is 2.00. The van der Waals surface area contributed by atoms with Crippen LogP contribution in [0.4, 0.5) is 0 Å². The minimum absolute atomic E-state index is 0.740. The second-order valence-corrected chi connectivity index (χ2v) is 4.69. The van der Waals surface area contributed by atoms with Crippen molar-refractivity contribution in [3.63, 3.8) is 0 Å². The van der Waals surface area contributed by atoms with E-state index in [2.05, 4.69) is 11.1 Å². The summed E-state index contributed by atoms with van der Waals surface area (Å²) in [6, 6.07) is 13.7. The molecule has 0 aliphatic carbocycles. The number of benzene rings is 1. The first-order valence-corrected chi connectivity index (χ1v) is 6.47. The Balaban J connectivity index is 1.86. The topological polar surface area (TPSA) is 35.3 Å². The number of aryl methyl sites for hydroxylation is 2. The molecule has 3 heteroatoms. The first-order valence-electron chi connectivity index (χ1n) is 6.47. The van der Waals surface area contributed by atoms with Crippen molar-refractivity contribution in [1.82, 2.24) is 4.98 Å². The zero-order valence-corrected chi connectivity index (χ0v) is 11.5. The summed E-state index contributed by atoms with van der Waals surface area (Å²) >= 11 is 0. The Hall–Kier alpha value is -2.55. The highest BCUT2D eigenvalue weighted by Crippen LogP contribution is 2.29. The Morgan fingerprint density at radius 1 is 1.05 bits per heavy atom. The van der Waals surface area contributed by atoms with Gasteiger partial charge in [-0.15, -0.1) is 0 Å². The van der Waals surface area contributed by atoms with Gasteiger partial charge in [-0.2, -0.15) is 0 Å². The average Bonchev–Trinajstić information content (AvgIpc) is 2.97. The van der Waals surface area contributed by atoms with E-state index in [1.54, 1.807) is 12.5 Å². The molecule has 0 radical (unpaired) electrons. The second-order valence-electron chi connectivity index (χ2n) is 4.69. The zero-order valence-electron chi connectivity index (χ0n) is 11.5. The number of rotatable bonds is 3. The molecule has 0 unspecified atom stereocenters. The lowest BCUT2D eigenvalue weighted by molar-refractivity contribution is 0.476. The van der Waals surface area contributed by atoms with Crippen molar-refractivity contribution >= 4 is 0 Å². The third-order valence-corrected chi connectivity index (χ3v) is 3.09. The highest BCUT2D eigenvalue weighted by molar-refractivity contribution is 5.60. The lowest BCUT2D eigenvalue weighted by atomic mass is 10.1. The Bertz CT molecular complexity index is 700. The molecule has 20 heavy (non-hydrogen) atoms. The fourth-order valence-electron chi connectivity index (χ4n) is 2.00. The van der Waals surface area contributed by atoms with Crippen molar-refractivity contribution in [2.75, 3.05) is 0 Å². The van der Waals surface area contributed by atoms with E-state index in [4.69, 9.17) is 9.15 Å². The molecule has 2 heterocycles. The molecule has 1 aromatic carbocycles. The molecular formula is C17H15NO2. The monoisotopic (exact) mass is 265 g/mol. The van der Waals surface area contributed by atoms with Gasteiger partial charge >= 0.3 is 0 Å². The van der Waals surface area contributed by atoms with Crippen LogP contribution in [0.3, 0.4) is 0 Å². The van der Waals surface area contributed by atoms with Crippen molar-refractivity contribution in [3.8, 4) is 22.8 Å². The maximum atomic E-state index is 5.84. The van der Waals surface area contributed by atoms with Gasteiger partial charge in [0.2, 0.25) is 0 Å². The standard InChI is InChI=1S/C17H15NO2/c1-12-10-14(17-4-3-9-19-17)6-8-16(12)20-15-7-5-13(2)18-11-15/h3-11H,1-2H3. The van der Waals surface area contributed by atoms with Gasteiger partial charge in [-0.1, -0.05) is 0 Å². The summed E-state index contributed by atoms with van der Waals surface area (Å²) in [5, 5.41) is 0. The number of pyridine rings is 1. The van der Waals surface area contributed by atoms with Crippen LogP contribution in [0.2, 0.25) is 0 Å². The van der Waals surface area contributed by atoms with Crippen LogP contribution >= 0.6 is 0 Å². The summed E-state index contributed by atoms with van der Waals surface area (Å²) in [6.07, 6.45) is 3.41. The van der Waals surface area contributed by atoms with Crippen LogP contribution in [0.5, 0.6) is 11.5 Å². The Morgan fingerprint density at radius 3 is 2.60 bits per heavy atom. The van der Waals surface area contributed by atoms with Crippen molar-refractivity contribution in [2.24, 2.45) is 0 Å². The molecular weight excluding hydrogens is 250 g/mol. The number of hydrogen-bond acceptors (Lipinski definition) is 3. The first kappa shape index (κ1) is 12.5. The van der Waals surface area contributed by atoms with Crippen LogP contribution in [0.25, 0.3) is 11.3 Å². The van der Waals surface area contributed by atoms with Crippen LogP contribution < -0.4 is 4.74 Å². The SMILES string of the molecule is Cc1ccc(Oc2ccc(-c3ccco3)cc2C)cn1. The third kappa shape index (κ3) is 2.57. The van der Waals surface area contributed by atoms with Gasteiger partial charge in [0.25, 0.3) is 0 Å². The van der Waals surface area contributed by atoms with E-state index in [0.29, 0.717) is 0 Å². The third-order valence-electron chi connectivity index (χ3n) is 3.09. The maximum absolute atomic E-state index is 5.84. The van der Waals surface area contributed by atoms with Crippen LogP contribution in [-0.2, 0) is 0 Å². The van der Waals surface area contributed by atoms with Gasteiger partial charge in [-0.25, -0.2) is 0 Å². The lowest BCUT2D eigenvalue weighted by Gasteiger charge is -2.09. The predicted octanol–water partition coefficient (Wildman–Crippen LogP) is 4.75. The number of hydrogen-bond donors (Lipinski definition) is 0. The lowest BCUT2D eigenvalue weighted by Crippen LogP contribution is -1.89. The fraction of sp³-hybridized carbons (Fsp3) is 0.118. The van der Waals surface area contributed by atoms with Crippen molar-refractivity contribution < 1.29 is 9.15 Å². The quantitative estimate of drug-likeness (QED) is 0.685. The predicted molar refractivity (Wildman–Crippen MR) is 77.9 cm³/mol. The first-order chi connectivity index (χ1) is 9.72. The molecule has 0 aliphatic rings. The number of furan rings is 1. The molecule has 0 fully saturated rings. The van der Waals surface area contributed by atoms with Gasteiger partial charge in [0.15, 0.2) is 0 Å². The van der Waals surface area contributed by atoms with E-state index in [1.165, 1.54) is 0 Å². The van der Waals surface area contributed by atoms with Gasteiger partial charge in [0.05, 0.1) is 12.5 Å². The van der Waals surface area contributed by atoms with E-state index < -0.39 is 0 Å². The molecule has 3 aromatic rings. The number of aromatic nitrogens is 1. The average molecular weight is 265 g/mol. The molecule has 100 valence electrons. The van der Waals surface area contributed by atoms with E-state index in [-0.39, 0.29) is 0 Å². The molecule has 0 atom stereocenters. The molecule has 0 amide bonds. The van der Waals surface area contributed by atoms with Gasteiger partial charge < -0.3 is 9.15 Å². The van der Waals surface area contributed by atoms with E-state index in [0.717, 1.165) is 34.1 Å². The minimum Gasteiger partial charge on any atom is -0.464 e. The molecule has 2 aromatic heterocycles. The molecule has 3 rings (SSSR count). The van der Waals surface area contributed by atoms with Crippen LogP contribution in [0.15, 0.2) is 59.3 Å². The molecule has 3 nitrogen and oxygen atoms in total. The Morgan fingerprint density at radius 2 is 1.95 bits per heavy atom. The van der Waals surface area contributed by atoms with Gasteiger partial charge in [-0.05, 0) is 61.9 Å². The van der Waals surface area contributed by atoms with Gasteiger partial charge in [-0.3, -0.25) is 4.98 Å². The molecule has 0 aliphatic heterocycles. The highest BCUT2D eigenvalue weighted by Gasteiger charge is 2.06. The van der Waals surface area contributed by atoms with Gasteiger partial charge in [0.1, 0.15) is 17.3 Å². The van der Waals surface area contributed by atoms with E-state index >= 15 is 0 Å². The Labute approximate surface area is 117 Å². The number of ether oxygens (including phenoxy) is 1. The molecule has 0 bridgehead atoms.